The molecule has 0 radical (unpaired) electrons. The van der Waals surface area contributed by atoms with Crippen LogP contribution in [0.4, 0.5) is 0 Å². The maximum atomic E-state index is 13.7. The molecule has 172 valence electrons. The van der Waals surface area contributed by atoms with Crippen LogP contribution in [0, 0.1) is 5.41 Å². The summed E-state index contributed by atoms with van der Waals surface area (Å²) in [4.78, 5) is 43.1. The predicted molar refractivity (Wildman–Crippen MR) is 128 cm³/mol. The number of carbonyl (C=O) groups excluding carboxylic acids is 2. The van der Waals surface area contributed by atoms with Gasteiger partial charge in [-0.2, -0.15) is 5.10 Å². The Morgan fingerprint density at radius 1 is 1.15 bits per heavy atom. The Morgan fingerprint density at radius 2 is 1.97 bits per heavy atom. The summed E-state index contributed by atoms with van der Waals surface area (Å²) in [5.74, 6) is -0.339. The summed E-state index contributed by atoms with van der Waals surface area (Å²) in [5.41, 5.74) is 1.05. The van der Waals surface area contributed by atoms with E-state index < -0.39 is 0 Å². The van der Waals surface area contributed by atoms with E-state index in [1.807, 2.05) is 47.4 Å². The third-order valence-electron chi connectivity index (χ3n) is 7.44. The second kappa shape index (κ2) is 7.83. The van der Waals surface area contributed by atoms with Crippen LogP contribution in [0.1, 0.15) is 46.5 Å². The maximum absolute atomic E-state index is 13.7. The van der Waals surface area contributed by atoms with Crippen LogP contribution >= 0.6 is 0 Å². The molecule has 2 aliphatic rings. The maximum Gasteiger partial charge on any atom is 0.273 e. The van der Waals surface area contributed by atoms with E-state index in [9.17, 15) is 14.4 Å². The molecule has 8 heteroatoms. The molecule has 8 nitrogen and oxygen atoms in total. The van der Waals surface area contributed by atoms with Crippen LogP contribution in [-0.4, -0.2) is 50.4 Å². The van der Waals surface area contributed by atoms with E-state index in [1.54, 1.807) is 6.20 Å². The molecule has 2 aromatic heterocycles. The Balaban J connectivity index is 1.24. The quantitative estimate of drug-likeness (QED) is 0.494. The van der Waals surface area contributed by atoms with Gasteiger partial charge in [0.25, 0.3) is 17.4 Å². The van der Waals surface area contributed by atoms with Crippen LogP contribution in [0.5, 0.6) is 0 Å². The molecule has 34 heavy (non-hydrogen) atoms. The lowest BCUT2D eigenvalue weighted by molar-refractivity contribution is 0.0688. The molecule has 2 aromatic carbocycles. The average molecular weight is 456 g/mol. The number of amides is 2. The van der Waals surface area contributed by atoms with E-state index >= 15 is 0 Å². The number of carbonyl (C=O) groups is 2. The monoisotopic (exact) mass is 455 g/mol. The van der Waals surface area contributed by atoms with Gasteiger partial charge in [0.15, 0.2) is 5.69 Å². The van der Waals surface area contributed by atoms with Crippen LogP contribution in [-0.2, 0) is 0 Å². The number of nitrogens with zero attached hydrogens (tertiary/aromatic N) is 3. The van der Waals surface area contributed by atoms with E-state index in [4.69, 9.17) is 0 Å². The molecule has 1 saturated heterocycles. The zero-order chi connectivity index (χ0) is 23.3. The third-order valence-corrected chi connectivity index (χ3v) is 7.44. The number of hydrogen-bond donors (Lipinski definition) is 2. The number of likely N-dealkylation sites (tertiary alicyclic amines) is 1. The van der Waals surface area contributed by atoms with Crippen molar-refractivity contribution < 1.29 is 9.59 Å². The Labute approximate surface area is 195 Å². The van der Waals surface area contributed by atoms with Gasteiger partial charge in [0, 0.05) is 43.2 Å². The summed E-state index contributed by atoms with van der Waals surface area (Å²) in [6, 6.07) is 15.1. The SMILES string of the molecule is O=C(NCC1CC2(CCC2)CN1C(=O)c1cccc2ccccc12)c1cc2c(=O)[nH]ccn2n1. The fourth-order valence-electron chi connectivity index (χ4n) is 5.54. The van der Waals surface area contributed by atoms with Crippen molar-refractivity contribution in [2.24, 2.45) is 5.41 Å². The normalized spacial score (nSPS) is 18.9. The fraction of sp³-hybridized carbons (Fsp3) is 0.308. The Morgan fingerprint density at radius 3 is 2.76 bits per heavy atom. The number of nitrogens with one attached hydrogen (secondary N) is 2. The minimum absolute atomic E-state index is 0.0130. The highest BCUT2D eigenvalue weighted by Gasteiger charge is 2.49. The summed E-state index contributed by atoms with van der Waals surface area (Å²) in [6.45, 7) is 1.07. The molecule has 3 heterocycles. The molecule has 1 spiro atoms. The van der Waals surface area contributed by atoms with Crippen molar-refractivity contribution >= 4 is 28.1 Å². The molecule has 1 saturated carbocycles. The smallest absolute Gasteiger partial charge is 0.273 e. The van der Waals surface area contributed by atoms with Gasteiger partial charge in [0.05, 0.1) is 0 Å². The average Bonchev–Trinajstić information content (AvgIpc) is 3.45. The first-order chi connectivity index (χ1) is 16.5. The summed E-state index contributed by atoms with van der Waals surface area (Å²) in [7, 11) is 0. The molecule has 1 aliphatic carbocycles. The zero-order valence-electron chi connectivity index (χ0n) is 18.7. The van der Waals surface area contributed by atoms with Gasteiger partial charge in [0.2, 0.25) is 0 Å². The number of benzene rings is 2. The molecule has 6 rings (SSSR count). The number of aromatic nitrogens is 3. The molecule has 1 unspecified atom stereocenters. The van der Waals surface area contributed by atoms with E-state index in [0.29, 0.717) is 17.6 Å². The predicted octanol–water partition coefficient (Wildman–Crippen LogP) is 2.99. The third kappa shape index (κ3) is 3.37. The van der Waals surface area contributed by atoms with Crippen LogP contribution in [0.25, 0.3) is 16.3 Å². The number of hydrogen-bond acceptors (Lipinski definition) is 4. The lowest BCUT2D eigenvalue weighted by Gasteiger charge is -2.37. The van der Waals surface area contributed by atoms with Crippen molar-refractivity contribution in [2.75, 3.05) is 13.1 Å². The molecule has 1 aliphatic heterocycles. The number of aromatic amines is 1. The van der Waals surface area contributed by atoms with Crippen molar-refractivity contribution in [1.82, 2.24) is 24.8 Å². The Kier molecular flexibility index (Phi) is 4.76. The van der Waals surface area contributed by atoms with Crippen LogP contribution in [0.15, 0.2) is 65.7 Å². The van der Waals surface area contributed by atoms with E-state index in [1.165, 1.54) is 23.2 Å². The zero-order valence-corrected chi connectivity index (χ0v) is 18.7. The summed E-state index contributed by atoms with van der Waals surface area (Å²) in [6.07, 6.45) is 7.38. The highest BCUT2D eigenvalue weighted by Crippen LogP contribution is 2.50. The largest absolute Gasteiger partial charge is 0.349 e. The van der Waals surface area contributed by atoms with Gasteiger partial charge in [-0.1, -0.05) is 42.8 Å². The van der Waals surface area contributed by atoms with Gasteiger partial charge < -0.3 is 15.2 Å². The topological polar surface area (TPSA) is 99.6 Å². The number of H-pyrrole nitrogens is 1. The van der Waals surface area contributed by atoms with Crippen LogP contribution < -0.4 is 10.9 Å². The summed E-state index contributed by atoms with van der Waals surface area (Å²) in [5, 5.41) is 9.16. The lowest BCUT2D eigenvalue weighted by Crippen LogP contribution is -2.43. The Hall–Kier alpha value is -3.94. The molecule has 1 atom stereocenters. The molecule has 4 aromatic rings. The number of fused-ring (bicyclic) bond motifs is 2. The standard InChI is InChI=1S/C26H25N5O3/c32-23(21-13-22-24(33)27-11-12-31(22)29-21)28-15-18-14-26(9-4-10-26)16-30(18)25(34)20-8-3-6-17-5-1-2-7-19(17)20/h1-3,5-8,11-13,18H,4,9-10,14-16H2,(H,27,33)(H,28,32). The molecule has 2 N–H and O–H groups in total. The van der Waals surface area contributed by atoms with Gasteiger partial charge in [-0.15, -0.1) is 0 Å². The minimum atomic E-state index is -0.352. The molecule has 0 bridgehead atoms. The highest BCUT2D eigenvalue weighted by molar-refractivity contribution is 6.07. The van der Waals surface area contributed by atoms with Gasteiger partial charge in [-0.3, -0.25) is 14.4 Å². The number of rotatable bonds is 4. The Bertz CT molecular complexity index is 1480. The second-order valence-corrected chi connectivity index (χ2v) is 9.53. The van der Waals surface area contributed by atoms with Crippen molar-refractivity contribution in [1.29, 1.82) is 0 Å². The molecule has 2 amide bonds. The molecular formula is C26H25N5O3. The summed E-state index contributed by atoms with van der Waals surface area (Å²) >= 11 is 0. The van der Waals surface area contributed by atoms with Crippen LogP contribution in [0.3, 0.4) is 0 Å². The van der Waals surface area contributed by atoms with Gasteiger partial charge in [0.1, 0.15) is 5.52 Å². The molecule has 2 fully saturated rings. The van der Waals surface area contributed by atoms with E-state index in [-0.39, 0.29) is 34.5 Å². The first kappa shape index (κ1) is 20.7. The highest BCUT2D eigenvalue weighted by atomic mass is 16.2. The van der Waals surface area contributed by atoms with Gasteiger partial charge in [-0.25, -0.2) is 4.52 Å². The fourth-order valence-corrected chi connectivity index (χ4v) is 5.54. The molecular weight excluding hydrogens is 430 g/mol. The van der Waals surface area contributed by atoms with Crippen molar-refractivity contribution in [2.45, 2.75) is 31.7 Å². The minimum Gasteiger partial charge on any atom is -0.349 e. The van der Waals surface area contributed by atoms with E-state index in [0.717, 1.165) is 36.6 Å². The van der Waals surface area contributed by atoms with Gasteiger partial charge in [-0.05, 0) is 41.5 Å². The van der Waals surface area contributed by atoms with Crippen molar-refractivity contribution in [3.05, 3.63) is 82.5 Å². The summed E-state index contributed by atoms with van der Waals surface area (Å²) < 4.78 is 1.39. The van der Waals surface area contributed by atoms with Crippen molar-refractivity contribution in [3.8, 4) is 0 Å². The van der Waals surface area contributed by atoms with Crippen molar-refractivity contribution in [3.63, 3.8) is 0 Å². The van der Waals surface area contributed by atoms with Gasteiger partial charge >= 0.3 is 0 Å². The first-order valence-electron chi connectivity index (χ1n) is 11.7. The van der Waals surface area contributed by atoms with E-state index in [2.05, 4.69) is 15.4 Å². The lowest BCUT2D eigenvalue weighted by atomic mass is 9.67. The first-order valence-corrected chi connectivity index (χ1v) is 11.7. The second-order valence-electron chi connectivity index (χ2n) is 9.53. The van der Waals surface area contributed by atoms with Crippen LogP contribution in [0.2, 0.25) is 0 Å².